The Balaban J connectivity index is 1.70. The highest BCUT2D eigenvalue weighted by Crippen LogP contribution is 2.03. The first-order chi connectivity index (χ1) is 9.67. The molecule has 1 aliphatic rings. The number of hydrogen-bond acceptors (Lipinski definition) is 3. The molecule has 1 heterocycles. The summed E-state index contributed by atoms with van der Waals surface area (Å²) in [5, 5.41) is 2.93. The Morgan fingerprint density at radius 1 is 1.20 bits per heavy atom. The summed E-state index contributed by atoms with van der Waals surface area (Å²) in [6.45, 7) is 5.93. The van der Waals surface area contributed by atoms with E-state index < -0.39 is 0 Å². The van der Waals surface area contributed by atoms with E-state index in [4.69, 9.17) is 0 Å². The number of nitrogens with zero attached hydrogens (tertiary/aromatic N) is 2. The molecule has 1 saturated heterocycles. The van der Waals surface area contributed by atoms with Crippen LogP contribution in [0.25, 0.3) is 0 Å². The third kappa shape index (κ3) is 4.35. The van der Waals surface area contributed by atoms with Crippen molar-refractivity contribution in [1.82, 2.24) is 15.1 Å². The van der Waals surface area contributed by atoms with Crippen LogP contribution in [0.2, 0.25) is 0 Å². The summed E-state index contributed by atoms with van der Waals surface area (Å²) in [5.74, 6) is 0.0325. The van der Waals surface area contributed by atoms with Gasteiger partial charge in [0.15, 0.2) is 0 Å². The number of aryl methyl sites for hydroxylation is 1. The van der Waals surface area contributed by atoms with Gasteiger partial charge in [-0.05, 0) is 12.5 Å². The van der Waals surface area contributed by atoms with E-state index in [1.807, 2.05) is 31.2 Å². The van der Waals surface area contributed by atoms with Crippen LogP contribution >= 0.6 is 0 Å². The van der Waals surface area contributed by atoms with Crippen molar-refractivity contribution in [2.45, 2.75) is 13.5 Å². The van der Waals surface area contributed by atoms with Gasteiger partial charge in [-0.25, -0.2) is 0 Å². The first kappa shape index (κ1) is 14.5. The number of carbonyl (C=O) groups excluding carboxylic acids is 2. The molecular formula is C15H21N3O2. The van der Waals surface area contributed by atoms with Crippen LogP contribution in [0.5, 0.6) is 0 Å². The van der Waals surface area contributed by atoms with Crippen LogP contribution in [0.3, 0.4) is 0 Å². The molecule has 0 atom stereocenters. The van der Waals surface area contributed by atoms with Crippen molar-refractivity contribution in [2.24, 2.45) is 0 Å². The minimum absolute atomic E-state index is 0.0325. The molecule has 1 fully saturated rings. The smallest absolute Gasteiger partial charge is 0.234 e. The Morgan fingerprint density at radius 3 is 2.45 bits per heavy atom. The van der Waals surface area contributed by atoms with Crippen LogP contribution < -0.4 is 5.32 Å². The van der Waals surface area contributed by atoms with Gasteiger partial charge in [0.2, 0.25) is 12.3 Å². The fourth-order valence-corrected chi connectivity index (χ4v) is 2.19. The summed E-state index contributed by atoms with van der Waals surface area (Å²) in [6, 6.07) is 8.14. The molecule has 20 heavy (non-hydrogen) atoms. The van der Waals surface area contributed by atoms with E-state index in [0.29, 0.717) is 26.2 Å². The quantitative estimate of drug-likeness (QED) is 0.791. The Labute approximate surface area is 119 Å². The summed E-state index contributed by atoms with van der Waals surface area (Å²) < 4.78 is 0. The summed E-state index contributed by atoms with van der Waals surface area (Å²) in [4.78, 5) is 26.3. The molecule has 5 nitrogen and oxygen atoms in total. The molecule has 2 rings (SSSR count). The van der Waals surface area contributed by atoms with Crippen molar-refractivity contribution < 1.29 is 9.59 Å². The number of rotatable bonds is 5. The van der Waals surface area contributed by atoms with Crippen molar-refractivity contribution in [1.29, 1.82) is 0 Å². The molecule has 0 saturated carbocycles. The summed E-state index contributed by atoms with van der Waals surface area (Å²) in [5.41, 5.74) is 2.32. The fraction of sp³-hybridized carbons (Fsp3) is 0.467. The zero-order valence-corrected chi connectivity index (χ0v) is 11.8. The van der Waals surface area contributed by atoms with E-state index in [1.165, 1.54) is 5.56 Å². The lowest BCUT2D eigenvalue weighted by atomic mass is 10.1. The lowest BCUT2D eigenvalue weighted by molar-refractivity contribution is -0.123. The fourth-order valence-electron chi connectivity index (χ4n) is 2.19. The molecule has 1 aromatic rings. The largest absolute Gasteiger partial charge is 0.351 e. The maximum atomic E-state index is 11.9. The normalized spacial score (nSPS) is 15.9. The third-order valence-electron chi connectivity index (χ3n) is 3.53. The Hall–Kier alpha value is -1.88. The Kier molecular flexibility index (Phi) is 5.12. The second-order valence-corrected chi connectivity index (χ2v) is 5.18. The first-order valence-corrected chi connectivity index (χ1v) is 6.91. The summed E-state index contributed by atoms with van der Waals surface area (Å²) in [6.07, 6.45) is 0.870. The van der Waals surface area contributed by atoms with Crippen molar-refractivity contribution in [3.05, 3.63) is 35.4 Å². The molecule has 0 aromatic heterocycles. The van der Waals surface area contributed by atoms with Gasteiger partial charge >= 0.3 is 0 Å². The predicted molar refractivity (Wildman–Crippen MR) is 77.1 cm³/mol. The lowest BCUT2D eigenvalue weighted by Crippen LogP contribution is -2.48. The number of hydrogen-bond donors (Lipinski definition) is 1. The molecular weight excluding hydrogens is 254 g/mol. The van der Waals surface area contributed by atoms with Crippen LogP contribution in [-0.2, 0) is 16.1 Å². The van der Waals surface area contributed by atoms with Gasteiger partial charge in [-0.1, -0.05) is 29.8 Å². The van der Waals surface area contributed by atoms with Crippen LogP contribution in [0.1, 0.15) is 11.1 Å². The monoisotopic (exact) mass is 275 g/mol. The van der Waals surface area contributed by atoms with E-state index in [2.05, 4.69) is 10.2 Å². The topological polar surface area (TPSA) is 52.7 Å². The van der Waals surface area contributed by atoms with Gasteiger partial charge in [-0.15, -0.1) is 0 Å². The zero-order chi connectivity index (χ0) is 14.4. The van der Waals surface area contributed by atoms with Gasteiger partial charge in [0.1, 0.15) is 0 Å². The molecule has 5 heteroatoms. The number of piperazine rings is 1. The van der Waals surface area contributed by atoms with E-state index >= 15 is 0 Å². The van der Waals surface area contributed by atoms with Crippen LogP contribution in [0, 0.1) is 6.92 Å². The maximum absolute atomic E-state index is 11.9. The molecule has 0 radical (unpaired) electrons. The second kappa shape index (κ2) is 7.05. The Bertz CT molecular complexity index is 451. The average molecular weight is 275 g/mol. The van der Waals surface area contributed by atoms with Gasteiger partial charge in [0, 0.05) is 32.7 Å². The Morgan fingerprint density at radius 2 is 1.85 bits per heavy atom. The maximum Gasteiger partial charge on any atom is 0.234 e. The molecule has 108 valence electrons. The number of benzene rings is 1. The van der Waals surface area contributed by atoms with E-state index in [1.54, 1.807) is 4.90 Å². The van der Waals surface area contributed by atoms with Crippen molar-refractivity contribution >= 4 is 12.3 Å². The minimum atomic E-state index is 0.0325. The number of nitrogens with one attached hydrogen (secondary N) is 1. The van der Waals surface area contributed by atoms with Gasteiger partial charge in [-0.2, -0.15) is 0 Å². The van der Waals surface area contributed by atoms with Crippen molar-refractivity contribution in [2.75, 3.05) is 32.7 Å². The van der Waals surface area contributed by atoms with Crippen molar-refractivity contribution in [3.63, 3.8) is 0 Å². The van der Waals surface area contributed by atoms with Gasteiger partial charge < -0.3 is 10.2 Å². The second-order valence-electron chi connectivity index (χ2n) is 5.18. The first-order valence-electron chi connectivity index (χ1n) is 6.91. The number of amides is 2. The molecule has 1 aromatic carbocycles. The van der Waals surface area contributed by atoms with Crippen LogP contribution in [0.4, 0.5) is 0 Å². The standard InChI is InChI=1S/C15H21N3O2/c1-13-2-4-14(5-3-13)10-16-15(20)11-17-6-8-18(12-19)9-7-17/h2-5,12H,6-11H2,1H3,(H,16,20). The predicted octanol–water partition coefficient (Wildman–Crippen LogP) is 0.385. The lowest BCUT2D eigenvalue weighted by Gasteiger charge is -2.31. The number of carbonyl (C=O) groups is 2. The van der Waals surface area contributed by atoms with Gasteiger partial charge in [-0.3, -0.25) is 14.5 Å². The summed E-state index contributed by atoms with van der Waals surface area (Å²) >= 11 is 0. The van der Waals surface area contributed by atoms with Crippen molar-refractivity contribution in [3.8, 4) is 0 Å². The molecule has 0 unspecified atom stereocenters. The van der Waals surface area contributed by atoms with Gasteiger partial charge in [0.25, 0.3) is 0 Å². The molecule has 0 spiro atoms. The molecule has 0 aliphatic carbocycles. The minimum Gasteiger partial charge on any atom is -0.351 e. The third-order valence-corrected chi connectivity index (χ3v) is 3.53. The highest BCUT2D eigenvalue weighted by atomic mass is 16.2. The van der Waals surface area contributed by atoms with E-state index in [9.17, 15) is 9.59 Å². The van der Waals surface area contributed by atoms with E-state index in [0.717, 1.165) is 25.1 Å². The molecule has 1 N–H and O–H groups in total. The van der Waals surface area contributed by atoms with Crippen LogP contribution in [0.15, 0.2) is 24.3 Å². The van der Waals surface area contributed by atoms with Gasteiger partial charge in [0.05, 0.1) is 6.54 Å². The highest BCUT2D eigenvalue weighted by molar-refractivity contribution is 5.78. The SMILES string of the molecule is Cc1ccc(CNC(=O)CN2CCN(C=O)CC2)cc1. The molecule has 1 aliphatic heterocycles. The summed E-state index contributed by atoms with van der Waals surface area (Å²) in [7, 11) is 0. The highest BCUT2D eigenvalue weighted by Gasteiger charge is 2.17. The van der Waals surface area contributed by atoms with Crippen LogP contribution in [-0.4, -0.2) is 54.8 Å². The zero-order valence-electron chi connectivity index (χ0n) is 11.8. The molecule has 2 amide bonds. The van der Waals surface area contributed by atoms with E-state index in [-0.39, 0.29) is 5.91 Å². The average Bonchev–Trinajstić information content (AvgIpc) is 2.47. The molecule has 0 bridgehead atoms.